The second-order valence-corrected chi connectivity index (χ2v) is 6.52. The maximum Gasteiger partial charge on any atom is 0.281 e. The van der Waals surface area contributed by atoms with E-state index in [4.69, 9.17) is 27.7 Å². The second-order valence-electron chi connectivity index (χ2n) is 5.67. The summed E-state index contributed by atoms with van der Waals surface area (Å²) in [4.78, 5) is 6.49. The fourth-order valence-electron chi connectivity index (χ4n) is 2.61. The average Bonchev–Trinajstić information content (AvgIpc) is 3.27. The number of halogens is 2. The summed E-state index contributed by atoms with van der Waals surface area (Å²) >= 11 is 12.1. The molecule has 0 atom stereocenters. The number of hydrogen-bond donors (Lipinski definition) is 1. The molecular weight excluding hydrogens is 365 g/mol. The number of rotatable bonds is 4. The van der Waals surface area contributed by atoms with Gasteiger partial charge in [-0.2, -0.15) is 4.98 Å². The van der Waals surface area contributed by atoms with Gasteiger partial charge in [0.1, 0.15) is 0 Å². The van der Waals surface area contributed by atoms with E-state index in [1.807, 2.05) is 6.07 Å². The van der Waals surface area contributed by atoms with Gasteiger partial charge in [-0.25, -0.2) is 4.68 Å². The van der Waals surface area contributed by atoms with Crippen LogP contribution in [-0.2, 0) is 6.54 Å². The van der Waals surface area contributed by atoms with Gasteiger partial charge >= 0.3 is 0 Å². The molecule has 1 fully saturated rings. The Balaban J connectivity index is 1.50. The highest BCUT2D eigenvalue weighted by atomic mass is 35.5. The van der Waals surface area contributed by atoms with E-state index >= 15 is 0 Å². The minimum atomic E-state index is 0.349. The summed E-state index contributed by atoms with van der Waals surface area (Å²) in [6.07, 6.45) is 1.75. The van der Waals surface area contributed by atoms with Crippen molar-refractivity contribution in [2.75, 3.05) is 31.1 Å². The minimum Gasteiger partial charge on any atom is -0.336 e. The SMILES string of the molecule is Clc1ccc(Cn2cc(-c3nc(N4CCNCC4)no3)nn2)c(Cl)c1. The van der Waals surface area contributed by atoms with Crippen LogP contribution >= 0.6 is 23.2 Å². The van der Waals surface area contributed by atoms with Crippen LogP contribution in [0.2, 0.25) is 10.0 Å². The molecule has 3 aromatic rings. The predicted molar refractivity (Wildman–Crippen MR) is 94.0 cm³/mol. The van der Waals surface area contributed by atoms with Gasteiger partial charge in [-0.15, -0.1) is 5.10 Å². The molecule has 1 saturated heterocycles. The van der Waals surface area contributed by atoms with Gasteiger partial charge in [-0.3, -0.25) is 0 Å². The third kappa shape index (κ3) is 3.60. The van der Waals surface area contributed by atoms with Crippen molar-refractivity contribution in [3.05, 3.63) is 40.0 Å². The summed E-state index contributed by atoms with van der Waals surface area (Å²) in [5.41, 5.74) is 1.42. The Labute approximate surface area is 153 Å². The lowest BCUT2D eigenvalue weighted by Gasteiger charge is -2.25. The largest absolute Gasteiger partial charge is 0.336 e. The number of aromatic nitrogens is 5. The zero-order chi connectivity index (χ0) is 17.2. The molecule has 25 heavy (non-hydrogen) atoms. The fourth-order valence-corrected chi connectivity index (χ4v) is 3.08. The molecule has 4 rings (SSSR count). The highest BCUT2D eigenvalue weighted by Gasteiger charge is 2.19. The van der Waals surface area contributed by atoms with Gasteiger partial charge in [-0.1, -0.05) is 34.5 Å². The van der Waals surface area contributed by atoms with E-state index in [2.05, 4.69) is 30.7 Å². The Morgan fingerprint density at radius 2 is 2.04 bits per heavy atom. The van der Waals surface area contributed by atoms with Gasteiger partial charge in [0, 0.05) is 36.2 Å². The van der Waals surface area contributed by atoms with Crippen LogP contribution in [-0.4, -0.2) is 51.3 Å². The maximum atomic E-state index is 6.20. The third-order valence-electron chi connectivity index (χ3n) is 3.92. The van der Waals surface area contributed by atoms with Crippen molar-refractivity contribution >= 4 is 29.2 Å². The average molecular weight is 380 g/mol. The van der Waals surface area contributed by atoms with Gasteiger partial charge in [-0.05, 0) is 22.9 Å². The van der Waals surface area contributed by atoms with Crippen LogP contribution in [0.1, 0.15) is 5.56 Å². The van der Waals surface area contributed by atoms with Crippen LogP contribution in [0.3, 0.4) is 0 Å². The number of hydrogen-bond acceptors (Lipinski definition) is 7. The smallest absolute Gasteiger partial charge is 0.281 e. The molecule has 0 spiro atoms. The molecule has 130 valence electrons. The van der Waals surface area contributed by atoms with E-state index in [0.29, 0.717) is 34.1 Å². The molecule has 3 heterocycles. The lowest BCUT2D eigenvalue weighted by Crippen LogP contribution is -2.44. The van der Waals surface area contributed by atoms with E-state index in [1.54, 1.807) is 23.0 Å². The van der Waals surface area contributed by atoms with Crippen molar-refractivity contribution in [1.29, 1.82) is 0 Å². The van der Waals surface area contributed by atoms with Gasteiger partial charge in [0.15, 0.2) is 5.69 Å². The molecular formula is C15H15Cl2N7O. The molecule has 0 unspecified atom stereocenters. The van der Waals surface area contributed by atoms with E-state index in [-0.39, 0.29) is 0 Å². The van der Waals surface area contributed by atoms with E-state index in [0.717, 1.165) is 31.7 Å². The first kappa shape index (κ1) is 16.3. The summed E-state index contributed by atoms with van der Waals surface area (Å²) in [6, 6.07) is 5.35. The predicted octanol–water partition coefficient (Wildman–Crippen LogP) is 2.09. The molecule has 0 amide bonds. The summed E-state index contributed by atoms with van der Waals surface area (Å²) in [6.45, 7) is 3.98. The molecule has 10 heteroatoms. The van der Waals surface area contributed by atoms with E-state index in [1.165, 1.54) is 0 Å². The summed E-state index contributed by atoms with van der Waals surface area (Å²) in [5.74, 6) is 0.925. The lowest BCUT2D eigenvalue weighted by molar-refractivity contribution is 0.425. The number of nitrogens with one attached hydrogen (secondary N) is 1. The van der Waals surface area contributed by atoms with Gasteiger partial charge in [0.05, 0.1) is 12.7 Å². The monoisotopic (exact) mass is 379 g/mol. The second kappa shape index (κ2) is 6.99. The highest BCUT2D eigenvalue weighted by Crippen LogP contribution is 2.23. The first-order valence-electron chi connectivity index (χ1n) is 7.83. The van der Waals surface area contributed by atoms with Crippen LogP contribution in [0.25, 0.3) is 11.6 Å². The Morgan fingerprint density at radius 3 is 2.84 bits per heavy atom. The zero-order valence-electron chi connectivity index (χ0n) is 13.2. The van der Waals surface area contributed by atoms with Crippen molar-refractivity contribution in [2.45, 2.75) is 6.54 Å². The maximum absolute atomic E-state index is 6.20. The molecule has 0 bridgehead atoms. The first-order valence-corrected chi connectivity index (χ1v) is 8.58. The van der Waals surface area contributed by atoms with Crippen LogP contribution in [0.5, 0.6) is 0 Å². The van der Waals surface area contributed by atoms with Crippen LogP contribution in [0.15, 0.2) is 28.9 Å². The Hall–Kier alpha value is -2.16. The molecule has 2 aromatic heterocycles. The molecule has 0 radical (unpaired) electrons. The van der Waals surface area contributed by atoms with Gasteiger partial charge < -0.3 is 14.7 Å². The Bertz CT molecular complexity index is 872. The Morgan fingerprint density at radius 1 is 1.20 bits per heavy atom. The van der Waals surface area contributed by atoms with Crippen molar-refractivity contribution in [1.82, 2.24) is 30.5 Å². The molecule has 1 aromatic carbocycles. The fraction of sp³-hybridized carbons (Fsp3) is 0.333. The summed E-state index contributed by atoms with van der Waals surface area (Å²) < 4.78 is 6.99. The van der Waals surface area contributed by atoms with Crippen molar-refractivity contribution in [2.24, 2.45) is 0 Å². The number of piperazine rings is 1. The lowest BCUT2D eigenvalue weighted by atomic mass is 10.2. The number of anilines is 1. The molecule has 1 N–H and O–H groups in total. The van der Waals surface area contributed by atoms with Crippen molar-refractivity contribution < 1.29 is 4.52 Å². The molecule has 1 aliphatic heterocycles. The standard InChI is InChI=1S/C15H15Cl2N7O/c16-11-2-1-10(12(17)7-11)8-24-9-13(20-22-24)14-19-15(21-25-14)23-5-3-18-4-6-23/h1-2,7,9,18H,3-6,8H2. The van der Waals surface area contributed by atoms with Crippen LogP contribution < -0.4 is 10.2 Å². The van der Waals surface area contributed by atoms with Crippen LogP contribution in [0, 0.1) is 0 Å². The van der Waals surface area contributed by atoms with Crippen molar-refractivity contribution in [3.63, 3.8) is 0 Å². The third-order valence-corrected chi connectivity index (χ3v) is 4.51. The van der Waals surface area contributed by atoms with Gasteiger partial charge in [0.25, 0.3) is 11.8 Å². The highest BCUT2D eigenvalue weighted by molar-refractivity contribution is 6.35. The molecule has 8 nitrogen and oxygen atoms in total. The van der Waals surface area contributed by atoms with Crippen molar-refractivity contribution in [3.8, 4) is 11.6 Å². The number of benzene rings is 1. The summed E-state index contributed by atoms with van der Waals surface area (Å²) in [5, 5.41) is 16.7. The van der Waals surface area contributed by atoms with Gasteiger partial charge in [0.2, 0.25) is 0 Å². The normalized spacial score (nSPS) is 14.9. The van der Waals surface area contributed by atoms with Crippen LogP contribution in [0.4, 0.5) is 5.95 Å². The number of nitrogens with zero attached hydrogens (tertiary/aromatic N) is 6. The quantitative estimate of drug-likeness (QED) is 0.742. The minimum absolute atomic E-state index is 0.349. The summed E-state index contributed by atoms with van der Waals surface area (Å²) in [7, 11) is 0. The molecule has 1 aliphatic rings. The van der Waals surface area contributed by atoms with E-state index in [9.17, 15) is 0 Å². The first-order chi connectivity index (χ1) is 12.2. The Kier molecular flexibility index (Phi) is 4.56. The zero-order valence-corrected chi connectivity index (χ0v) is 14.7. The molecule has 0 aliphatic carbocycles. The van der Waals surface area contributed by atoms with E-state index < -0.39 is 0 Å². The topological polar surface area (TPSA) is 84.9 Å². The molecule has 0 saturated carbocycles.